The molecule has 0 fully saturated rings. The minimum absolute atomic E-state index is 0.0459. The number of hydrogen-bond donors (Lipinski definition) is 2. The molecule has 3 N–H and O–H groups in total. The van der Waals surface area contributed by atoms with Crippen LogP contribution in [0.1, 0.15) is 29.6 Å². The monoisotopic (exact) mass is 276 g/mol. The molecule has 0 radical (unpaired) electrons. The number of fused-ring (bicyclic) bond motifs is 1. The average Bonchev–Trinajstić information content (AvgIpc) is 2.72. The fourth-order valence-corrected chi connectivity index (χ4v) is 2.78. The van der Waals surface area contributed by atoms with Gasteiger partial charge in [0, 0.05) is 11.7 Å². The van der Waals surface area contributed by atoms with E-state index >= 15 is 0 Å². The number of nitrogens with two attached hydrogens (primary N) is 1. The first-order chi connectivity index (χ1) is 9.15. The molecule has 3 rings (SSSR count). The van der Waals surface area contributed by atoms with Gasteiger partial charge in [-0.15, -0.1) is 0 Å². The van der Waals surface area contributed by atoms with E-state index in [1.165, 1.54) is 17.2 Å². The molecule has 98 valence electrons. The molecule has 2 unspecified atom stereocenters. The molecule has 0 saturated heterocycles. The van der Waals surface area contributed by atoms with E-state index in [4.69, 9.17) is 17.3 Å². The second kappa shape index (κ2) is 4.83. The molecule has 1 aliphatic carbocycles. The van der Waals surface area contributed by atoms with Crippen molar-refractivity contribution in [2.24, 2.45) is 5.73 Å². The lowest BCUT2D eigenvalue weighted by Crippen LogP contribution is -2.10. The van der Waals surface area contributed by atoms with Crippen molar-refractivity contribution in [3.8, 4) is 0 Å². The highest BCUT2D eigenvalue weighted by molar-refractivity contribution is 6.31. The molecule has 0 bridgehead atoms. The third-order valence-corrected chi connectivity index (χ3v) is 3.81. The van der Waals surface area contributed by atoms with E-state index in [0.29, 0.717) is 0 Å². The minimum Gasteiger partial charge on any atom is -0.378 e. The van der Waals surface area contributed by atoms with Crippen LogP contribution in [0.15, 0.2) is 42.5 Å². The first kappa shape index (κ1) is 12.5. The van der Waals surface area contributed by atoms with Crippen molar-refractivity contribution in [3.63, 3.8) is 0 Å². The third kappa shape index (κ3) is 2.31. The maximum absolute atomic E-state index is 13.1. The van der Waals surface area contributed by atoms with Crippen LogP contribution in [-0.4, -0.2) is 0 Å². The van der Waals surface area contributed by atoms with Gasteiger partial charge in [0.25, 0.3) is 0 Å². The molecule has 2 nitrogen and oxygen atoms in total. The predicted molar refractivity (Wildman–Crippen MR) is 75.8 cm³/mol. The Kier molecular flexibility index (Phi) is 3.17. The van der Waals surface area contributed by atoms with Crippen molar-refractivity contribution in [1.82, 2.24) is 0 Å². The molecular formula is C15H14ClFN2. The fraction of sp³-hybridized carbons (Fsp3) is 0.200. The first-order valence-corrected chi connectivity index (χ1v) is 6.59. The van der Waals surface area contributed by atoms with Crippen LogP contribution >= 0.6 is 11.6 Å². The zero-order valence-corrected chi connectivity index (χ0v) is 11.0. The largest absolute Gasteiger partial charge is 0.378 e. The van der Waals surface area contributed by atoms with Gasteiger partial charge in [-0.05, 0) is 35.7 Å². The van der Waals surface area contributed by atoms with Crippen molar-refractivity contribution in [1.29, 1.82) is 0 Å². The van der Waals surface area contributed by atoms with Gasteiger partial charge < -0.3 is 11.1 Å². The van der Waals surface area contributed by atoms with Crippen molar-refractivity contribution in [2.75, 3.05) is 5.32 Å². The number of benzene rings is 2. The molecule has 0 aliphatic heterocycles. The van der Waals surface area contributed by atoms with Crippen LogP contribution in [0.2, 0.25) is 5.02 Å². The minimum atomic E-state index is -0.407. The summed E-state index contributed by atoms with van der Waals surface area (Å²) in [6.07, 6.45) is 0.828. The summed E-state index contributed by atoms with van der Waals surface area (Å²) in [5, 5.41) is 3.49. The van der Waals surface area contributed by atoms with Crippen LogP contribution < -0.4 is 11.1 Å². The highest BCUT2D eigenvalue weighted by Crippen LogP contribution is 2.39. The number of hydrogen-bond acceptors (Lipinski definition) is 2. The Hall–Kier alpha value is -1.58. The van der Waals surface area contributed by atoms with Gasteiger partial charge in [0.05, 0.1) is 11.1 Å². The second-order valence-electron chi connectivity index (χ2n) is 4.80. The summed E-state index contributed by atoms with van der Waals surface area (Å²) < 4.78 is 13.1. The average molecular weight is 277 g/mol. The summed E-state index contributed by atoms with van der Waals surface area (Å²) in [5.41, 5.74) is 9.30. The van der Waals surface area contributed by atoms with E-state index in [1.54, 1.807) is 12.1 Å². The Labute approximate surface area is 116 Å². The van der Waals surface area contributed by atoms with Gasteiger partial charge in [0.2, 0.25) is 0 Å². The molecule has 0 aromatic heterocycles. The molecule has 2 aromatic carbocycles. The highest BCUT2D eigenvalue weighted by Gasteiger charge is 2.27. The summed E-state index contributed by atoms with van der Waals surface area (Å²) in [7, 11) is 0. The summed E-state index contributed by atoms with van der Waals surface area (Å²) in [6.45, 7) is 0. The highest BCUT2D eigenvalue weighted by atomic mass is 35.5. The summed E-state index contributed by atoms with van der Waals surface area (Å²) >= 11 is 5.79. The Morgan fingerprint density at radius 1 is 1.16 bits per heavy atom. The first-order valence-electron chi connectivity index (χ1n) is 6.21. The number of anilines is 1. The number of halogens is 2. The van der Waals surface area contributed by atoms with Gasteiger partial charge in [0.15, 0.2) is 0 Å². The van der Waals surface area contributed by atoms with Gasteiger partial charge in [-0.25, -0.2) is 4.39 Å². The smallest absolute Gasteiger partial charge is 0.141 e. The van der Waals surface area contributed by atoms with Crippen LogP contribution in [0.5, 0.6) is 0 Å². The summed E-state index contributed by atoms with van der Waals surface area (Å²) in [6, 6.07) is 13.0. The maximum Gasteiger partial charge on any atom is 0.141 e. The van der Waals surface area contributed by atoms with Gasteiger partial charge in [-0.2, -0.15) is 0 Å². The fourth-order valence-electron chi connectivity index (χ4n) is 2.60. The SMILES string of the molecule is NC1CC(Nc2ccc(F)c(Cl)c2)c2ccccc21. The van der Waals surface area contributed by atoms with Crippen LogP contribution in [0.4, 0.5) is 10.1 Å². The Bertz CT molecular complexity index is 615. The third-order valence-electron chi connectivity index (χ3n) is 3.52. The molecule has 19 heavy (non-hydrogen) atoms. The molecule has 0 heterocycles. The Balaban J connectivity index is 1.87. The standard InChI is InChI=1S/C15H14ClFN2/c16-12-7-9(5-6-13(12)17)19-15-8-14(18)10-3-1-2-4-11(10)15/h1-7,14-15,19H,8,18H2. The molecule has 2 atom stereocenters. The van der Waals surface area contributed by atoms with Gasteiger partial charge in [-0.1, -0.05) is 35.9 Å². The zero-order chi connectivity index (χ0) is 13.4. The van der Waals surface area contributed by atoms with Crippen LogP contribution in [0, 0.1) is 5.82 Å². The lowest BCUT2D eigenvalue weighted by molar-refractivity contribution is 0.627. The Morgan fingerprint density at radius 3 is 2.63 bits per heavy atom. The quantitative estimate of drug-likeness (QED) is 0.869. The summed E-state index contributed by atoms with van der Waals surface area (Å²) in [5.74, 6) is -0.407. The van der Waals surface area contributed by atoms with Crippen molar-refractivity contribution < 1.29 is 4.39 Å². The molecule has 0 saturated carbocycles. The molecular weight excluding hydrogens is 263 g/mol. The molecule has 1 aliphatic rings. The zero-order valence-electron chi connectivity index (χ0n) is 10.2. The van der Waals surface area contributed by atoms with E-state index in [0.717, 1.165) is 12.1 Å². The summed E-state index contributed by atoms with van der Waals surface area (Å²) in [4.78, 5) is 0. The van der Waals surface area contributed by atoms with Crippen molar-refractivity contribution in [3.05, 3.63) is 64.4 Å². The van der Waals surface area contributed by atoms with E-state index in [-0.39, 0.29) is 17.1 Å². The second-order valence-corrected chi connectivity index (χ2v) is 5.20. The van der Waals surface area contributed by atoms with E-state index in [2.05, 4.69) is 17.4 Å². The van der Waals surface area contributed by atoms with E-state index in [9.17, 15) is 4.39 Å². The molecule has 0 spiro atoms. The molecule has 2 aromatic rings. The lowest BCUT2D eigenvalue weighted by Gasteiger charge is -2.15. The van der Waals surface area contributed by atoms with Crippen LogP contribution in [0.25, 0.3) is 0 Å². The maximum atomic E-state index is 13.1. The number of nitrogens with one attached hydrogen (secondary N) is 1. The lowest BCUT2D eigenvalue weighted by atomic mass is 10.1. The molecule has 0 amide bonds. The van der Waals surface area contributed by atoms with E-state index in [1.807, 2.05) is 12.1 Å². The van der Waals surface area contributed by atoms with Crippen LogP contribution in [-0.2, 0) is 0 Å². The van der Waals surface area contributed by atoms with Gasteiger partial charge >= 0.3 is 0 Å². The topological polar surface area (TPSA) is 38.0 Å². The van der Waals surface area contributed by atoms with Crippen molar-refractivity contribution in [2.45, 2.75) is 18.5 Å². The van der Waals surface area contributed by atoms with Gasteiger partial charge in [0.1, 0.15) is 5.82 Å². The molecule has 4 heteroatoms. The predicted octanol–water partition coefficient (Wildman–Crippen LogP) is 4.04. The normalized spacial score (nSPS) is 21.2. The number of rotatable bonds is 2. The Morgan fingerprint density at radius 2 is 1.89 bits per heavy atom. The van der Waals surface area contributed by atoms with Crippen molar-refractivity contribution >= 4 is 17.3 Å². The van der Waals surface area contributed by atoms with Gasteiger partial charge in [-0.3, -0.25) is 0 Å². The van der Waals surface area contributed by atoms with E-state index < -0.39 is 5.82 Å². The van der Waals surface area contributed by atoms with Crippen LogP contribution in [0.3, 0.4) is 0 Å².